The number of carbonyl (C=O) groups is 2. The topological polar surface area (TPSA) is 75.6 Å². The van der Waals surface area contributed by atoms with Crippen LogP contribution in [0, 0.1) is 0 Å². The van der Waals surface area contributed by atoms with Crippen LogP contribution in [0.15, 0.2) is 30.3 Å². The van der Waals surface area contributed by atoms with Crippen molar-refractivity contribution < 1.29 is 19.4 Å². The molecule has 21 heavy (non-hydrogen) atoms. The summed E-state index contributed by atoms with van der Waals surface area (Å²) in [5, 5.41) is 11.9. The van der Waals surface area contributed by atoms with E-state index in [1.807, 2.05) is 30.3 Å². The monoisotopic (exact) mass is 291 g/mol. The molecule has 0 radical (unpaired) electrons. The Morgan fingerprint density at radius 1 is 1.19 bits per heavy atom. The second kappa shape index (κ2) is 7.11. The number of aliphatic carboxylic acids is 1. The molecule has 5 heteroatoms. The molecule has 1 amide bonds. The van der Waals surface area contributed by atoms with Gasteiger partial charge in [-0.25, -0.2) is 0 Å². The summed E-state index contributed by atoms with van der Waals surface area (Å²) < 4.78 is 5.48. The molecule has 0 bridgehead atoms. The van der Waals surface area contributed by atoms with E-state index < -0.39 is 11.5 Å². The van der Waals surface area contributed by atoms with Crippen LogP contribution in [0.25, 0.3) is 0 Å². The number of carbonyl (C=O) groups excluding carboxylic acids is 1. The smallest absolute Gasteiger partial charge is 0.305 e. The number of carboxylic acid groups (broad SMARTS) is 1. The Balaban J connectivity index is 1.78. The fraction of sp³-hybridized carbons (Fsp3) is 0.500. The Labute approximate surface area is 124 Å². The largest absolute Gasteiger partial charge is 0.493 e. The second-order valence-electron chi connectivity index (χ2n) is 5.52. The fourth-order valence-electron chi connectivity index (χ4n) is 2.82. The fourth-order valence-corrected chi connectivity index (χ4v) is 2.82. The summed E-state index contributed by atoms with van der Waals surface area (Å²) in [5.74, 6) is -0.279. The molecule has 0 saturated heterocycles. The molecule has 1 aromatic carbocycles. The highest BCUT2D eigenvalue weighted by Gasteiger charge is 2.37. The van der Waals surface area contributed by atoms with E-state index in [9.17, 15) is 9.59 Å². The van der Waals surface area contributed by atoms with Gasteiger partial charge in [0.2, 0.25) is 5.91 Å². The third kappa shape index (κ3) is 4.77. The molecule has 1 aliphatic rings. The predicted molar refractivity (Wildman–Crippen MR) is 78.1 cm³/mol. The highest BCUT2D eigenvalue weighted by Crippen LogP contribution is 2.32. The van der Waals surface area contributed by atoms with E-state index in [0.717, 1.165) is 31.4 Å². The Bertz CT molecular complexity index is 480. The van der Waals surface area contributed by atoms with E-state index in [4.69, 9.17) is 9.84 Å². The maximum Gasteiger partial charge on any atom is 0.305 e. The molecule has 0 spiro atoms. The quantitative estimate of drug-likeness (QED) is 0.808. The van der Waals surface area contributed by atoms with E-state index in [1.54, 1.807) is 0 Å². The Morgan fingerprint density at radius 2 is 1.86 bits per heavy atom. The zero-order chi connectivity index (χ0) is 15.1. The van der Waals surface area contributed by atoms with Crippen LogP contribution < -0.4 is 10.1 Å². The summed E-state index contributed by atoms with van der Waals surface area (Å²) in [6.07, 6.45) is 3.64. The number of amides is 1. The first-order chi connectivity index (χ1) is 10.1. The number of benzene rings is 1. The van der Waals surface area contributed by atoms with Crippen LogP contribution in [0.2, 0.25) is 0 Å². The van der Waals surface area contributed by atoms with Gasteiger partial charge in [-0.2, -0.15) is 0 Å². The van der Waals surface area contributed by atoms with Crippen molar-refractivity contribution in [3.63, 3.8) is 0 Å². The summed E-state index contributed by atoms with van der Waals surface area (Å²) in [7, 11) is 0. The van der Waals surface area contributed by atoms with Crippen LogP contribution in [0.4, 0.5) is 0 Å². The van der Waals surface area contributed by atoms with E-state index in [0.29, 0.717) is 6.61 Å². The molecule has 0 atom stereocenters. The molecule has 2 rings (SSSR count). The molecular formula is C16H21NO4. The number of nitrogens with one attached hydrogen (secondary N) is 1. The molecule has 0 aromatic heterocycles. The minimum atomic E-state index is -0.863. The number of para-hydroxylation sites is 1. The number of rotatable bonds is 7. The normalized spacial score (nSPS) is 16.4. The molecular weight excluding hydrogens is 270 g/mol. The average Bonchev–Trinajstić information content (AvgIpc) is 2.87. The van der Waals surface area contributed by atoms with Crippen LogP contribution in [0.3, 0.4) is 0 Å². The first-order valence-electron chi connectivity index (χ1n) is 7.30. The zero-order valence-corrected chi connectivity index (χ0v) is 12.0. The summed E-state index contributed by atoms with van der Waals surface area (Å²) in [6.45, 7) is 0.291. The number of hydrogen-bond donors (Lipinski definition) is 2. The van der Waals surface area contributed by atoms with Gasteiger partial charge < -0.3 is 15.2 Å². The van der Waals surface area contributed by atoms with E-state index in [2.05, 4.69) is 5.32 Å². The lowest BCUT2D eigenvalue weighted by molar-refractivity contribution is -0.139. The second-order valence-corrected chi connectivity index (χ2v) is 5.52. The van der Waals surface area contributed by atoms with Crippen molar-refractivity contribution in [2.24, 2.45) is 0 Å². The number of carboxylic acids is 1. The molecule has 0 aliphatic heterocycles. The Hall–Kier alpha value is -2.04. The molecule has 1 fully saturated rings. The van der Waals surface area contributed by atoms with Crippen LogP contribution in [0.5, 0.6) is 5.75 Å². The highest BCUT2D eigenvalue weighted by atomic mass is 16.5. The minimum absolute atomic E-state index is 0.00170. The summed E-state index contributed by atoms with van der Waals surface area (Å²) in [4.78, 5) is 23.0. The van der Waals surface area contributed by atoms with Crippen molar-refractivity contribution >= 4 is 11.9 Å². The third-order valence-electron chi connectivity index (χ3n) is 3.80. The SMILES string of the molecule is O=C(O)CC1(NC(=O)CCOc2ccccc2)CCCC1. The highest BCUT2D eigenvalue weighted by molar-refractivity contribution is 5.78. The van der Waals surface area contributed by atoms with Crippen molar-refractivity contribution in [1.82, 2.24) is 5.32 Å². The average molecular weight is 291 g/mol. The van der Waals surface area contributed by atoms with Gasteiger partial charge in [0.25, 0.3) is 0 Å². The van der Waals surface area contributed by atoms with Gasteiger partial charge >= 0.3 is 5.97 Å². The van der Waals surface area contributed by atoms with Gasteiger partial charge in [0.15, 0.2) is 0 Å². The predicted octanol–water partition coefficient (Wildman–Crippen LogP) is 2.36. The molecule has 1 saturated carbocycles. The van der Waals surface area contributed by atoms with Crippen molar-refractivity contribution in [2.45, 2.75) is 44.1 Å². The maximum absolute atomic E-state index is 12.0. The van der Waals surface area contributed by atoms with Crippen molar-refractivity contribution in [1.29, 1.82) is 0 Å². The lowest BCUT2D eigenvalue weighted by Crippen LogP contribution is -2.48. The molecule has 1 aromatic rings. The standard InChI is InChI=1S/C16H21NO4/c18-14(8-11-21-13-6-2-1-3-7-13)17-16(12-15(19)20)9-4-5-10-16/h1-3,6-7H,4-5,8-12H2,(H,17,18)(H,19,20). The lowest BCUT2D eigenvalue weighted by Gasteiger charge is -2.28. The van der Waals surface area contributed by atoms with Gasteiger partial charge in [-0.15, -0.1) is 0 Å². The minimum Gasteiger partial charge on any atom is -0.493 e. The molecule has 114 valence electrons. The summed E-state index contributed by atoms with van der Waals surface area (Å²) >= 11 is 0. The van der Waals surface area contributed by atoms with Gasteiger partial charge in [-0.3, -0.25) is 9.59 Å². The molecule has 1 aliphatic carbocycles. The molecule has 0 heterocycles. The van der Waals surface area contributed by atoms with Crippen LogP contribution in [-0.4, -0.2) is 29.1 Å². The van der Waals surface area contributed by atoms with Crippen molar-refractivity contribution in [2.75, 3.05) is 6.61 Å². The summed E-state index contributed by atoms with van der Waals surface area (Å²) in [6, 6.07) is 9.31. The van der Waals surface area contributed by atoms with Crippen LogP contribution in [-0.2, 0) is 9.59 Å². The Morgan fingerprint density at radius 3 is 2.48 bits per heavy atom. The van der Waals surface area contributed by atoms with Gasteiger partial charge in [0.1, 0.15) is 5.75 Å². The molecule has 2 N–H and O–H groups in total. The zero-order valence-electron chi connectivity index (χ0n) is 12.0. The van der Waals surface area contributed by atoms with Crippen LogP contribution in [0.1, 0.15) is 38.5 Å². The van der Waals surface area contributed by atoms with Gasteiger partial charge in [-0.1, -0.05) is 31.0 Å². The van der Waals surface area contributed by atoms with E-state index >= 15 is 0 Å². The van der Waals surface area contributed by atoms with Gasteiger partial charge in [0.05, 0.1) is 25.0 Å². The maximum atomic E-state index is 12.0. The number of hydrogen-bond acceptors (Lipinski definition) is 3. The van der Waals surface area contributed by atoms with E-state index in [-0.39, 0.29) is 18.7 Å². The van der Waals surface area contributed by atoms with Crippen LogP contribution >= 0.6 is 0 Å². The van der Waals surface area contributed by atoms with E-state index in [1.165, 1.54) is 0 Å². The first-order valence-corrected chi connectivity index (χ1v) is 7.30. The van der Waals surface area contributed by atoms with Crippen molar-refractivity contribution in [3.05, 3.63) is 30.3 Å². The third-order valence-corrected chi connectivity index (χ3v) is 3.80. The molecule has 5 nitrogen and oxygen atoms in total. The summed E-state index contributed by atoms with van der Waals surface area (Å²) in [5.41, 5.74) is -0.560. The van der Waals surface area contributed by atoms with Crippen molar-refractivity contribution in [3.8, 4) is 5.75 Å². The van der Waals surface area contributed by atoms with Gasteiger partial charge in [0, 0.05) is 0 Å². The first kappa shape index (κ1) is 15.4. The molecule has 0 unspecified atom stereocenters. The lowest BCUT2D eigenvalue weighted by atomic mass is 9.93. The Kier molecular flexibility index (Phi) is 5.20. The number of ether oxygens (including phenoxy) is 1. The van der Waals surface area contributed by atoms with Gasteiger partial charge in [-0.05, 0) is 25.0 Å².